The number of benzene rings is 3. The van der Waals surface area contributed by atoms with Crippen molar-refractivity contribution >= 4 is 23.9 Å². The number of ether oxygens (including phenoxy) is 1. The fourth-order valence-corrected chi connectivity index (χ4v) is 5.60. The van der Waals surface area contributed by atoms with Crippen LogP contribution in [0.15, 0.2) is 70.5 Å². The third kappa shape index (κ3) is 6.95. The third-order valence-corrected chi connectivity index (χ3v) is 7.58. The first kappa shape index (κ1) is 25.5. The predicted molar refractivity (Wildman–Crippen MR) is 133 cm³/mol. The molecule has 1 aliphatic heterocycles. The first-order chi connectivity index (χ1) is 16.7. The van der Waals surface area contributed by atoms with Crippen molar-refractivity contribution in [1.29, 1.82) is 5.26 Å². The van der Waals surface area contributed by atoms with Gasteiger partial charge in [-0.25, -0.2) is 8.61 Å². The van der Waals surface area contributed by atoms with Crippen LogP contribution < -0.4 is 4.74 Å². The van der Waals surface area contributed by atoms with Crippen LogP contribution in [0.25, 0.3) is 0 Å². The molecule has 9 heteroatoms. The molecule has 0 amide bonds. The molecule has 0 atom stereocenters. The minimum Gasteiger partial charge on any atom is -0.456 e. The van der Waals surface area contributed by atoms with E-state index in [4.69, 9.17) is 4.74 Å². The number of piperazine rings is 1. The van der Waals surface area contributed by atoms with Crippen molar-refractivity contribution in [2.75, 3.05) is 26.2 Å². The van der Waals surface area contributed by atoms with Crippen LogP contribution >= 0.6 is 23.9 Å². The maximum Gasteiger partial charge on any atom is 0.416 e. The highest BCUT2D eigenvalue weighted by Gasteiger charge is 2.30. The minimum atomic E-state index is -4.32. The molecule has 0 aliphatic carbocycles. The standard InChI is InChI=1S/C26H24F3N3OS2/c1-18-13-19(2)15-22(14-18)33-24-8-3-20(17-30)16-25(24)35-32-11-9-31(10-12-32)34-23-6-4-21(5-7-23)26(27,28)29/h3-8,13-16H,9-12H2,1-2H3. The minimum absolute atomic E-state index is 0.566. The average molecular weight is 516 g/mol. The summed E-state index contributed by atoms with van der Waals surface area (Å²) in [5.74, 6) is 1.45. The predicted octanol–water partition coefficient (Wildman–Crippen LogP) is 7.32. The van der Waals surface area contributed by atoms with Crippen LogP contribution in [0.4, 0.5) is 13.2 Å². The fourth-order valence-electron chi connectivity index (χ4n) is 3.70. The summed E-state index contributed by atoms with van der Waals surface area (Å²) in [5, 5.41) is 9.37. The molecule has 0 N–H and O–H groups in total. The van der Waals surface area contributed by atoms with Gasteiger partial charge >= 0.3 is 6.18 Å². The monoisotopic (exact) mass is 515 g/mol. The molecule has 1 heterocycles. The number of halogens is 3. The zero-order valence-corrected chi connectivity index (χ0v) is 20.9. The van der Waals surface area contributed by atoms with E-state index in [-0.39, 0.29) is 0 Å². The number of alkyl halides is 3. The van der Waals surface area contributed by atoms with Gasteiger partial charge in [-0.2, -0.15) is 18.4 Å². The van der Waals surface area contributed by atoms with Crippen LogP contribution in [-0.2, 0) is 6.18 Å². The molecule has 4 rings (SSSR count). The number of nitriles is 1. The average Bonchev–Trinajstić information content (AvgIpc) is 2.80. The van der Waals surface area contributed by atoms with E-state index in [1.165, 1.54) is 24.1 Å². The van der Waals surface area contributed by atoms with Crippen LogP contribution in [0.2, 0.25) is 0 Å². The van der Waals surface area contributed by atoms with Gasteiger partial charge in [0.25, 0.3) is 0 Å². The summed E-state index contributed by atoms with van der Waals surface area (Å²) in [6.45, 7) is 7.08. The zero-order valence-electron chi connectivity index (χ0n) is 19.3. The number of hydrogen-bond acceptors (Lipinski definition) is 6. The van der Waals surface area contributed by atoms with E-state index in [0.717, 1.165) is 65.0 Å². The molecular formula is C26H24F3N3OS2. The molecule has 0 spiro atoms. The van der Waals surface area contributed by atoms with E-state index in [1.807, 2.05) is 38.1 Å². The number of hydrogen-bond donors (Lipinski definition) is 0. The van der Waals surface area contributed by atoms with Crippen molar-refractivity contribution in [2.45, 2.75) is 29.8 Å². The highest BCUT2D eigenvalue weighted by molar-refractivity contribution is 7.97. The van der Waals surface area contributed by atoms with Gasteiger partial charge in [-0.05, 0) is 103 Å². The Balaban J connectivity index is 1.39. The lowest BCUT2D eigenvalue weighted by atomic mass is 10.1. The highest BCUT2D eigenvalue weighted by Crippen LogP contribution is 2.37. The number of aryl methyl sites for hydroxylation is 2. The Kier molecular flexibility index (Phi) is 7.97. The van der Waals surface area contributed by atoms with Gasteiger partial charge in [0, 0.05) is 31.1 Å². The molecule has 1 saturated heterocycles. The largest absolute Gasteiger partial charge is 0.456 e. The Bertz CT molecular complexity index is 1200. The topological polar surface area (TPSA) is 39.5 Å². The van der Waals surface area contributed by atoms with E-state index < -0.39 is 11.7 Å². The molecule has 182 valence electrons. The van der Waals surface area contributed by atoms with Gasteiger partial charge < -0.3 is 4.74 Å². The Morgan fingerprint density at radius 2 is 1.43 bits per heavy atom. The Morgan fingerprint density at radius 3 is 2.00 bits per heavy atom. The third-order valence-electron chi connectivity index (χ3n) is 5.34. The van der Waals surface area contributed by atoms with Crippen LogP contribution in [-0.4, -0.2) is 34.8 Å². The van der Waals surface area contributed by atoms with E-state index in [1.54, 1.807) is 18.0 Å². The second-order valence-corrected chi connectivity index (χ2v) is 10.6. The van der Waals surface area contributed by atoms with E-state index in [0.29, 0.717) is 11.3 Å². The van der Waals surface area contributed by atoms with Crippen molar-refractivity contribution in [3.8, 4) is 17.6 Å². The van der Waals surface area contributed by atoms with Crippen molar-refractivity contribution < 1.29 is 17.9 Å². The van der Waals surface area contributed by atoms with Gasteiger partial charge in [-0.15, -0.1) is 0 Å². The van der Waals surface area contributed by atoms with Crippen molar-refractivity contribution in [3.63, 3.8) is 0 Å². The maximum atomic E-state index is 12.8. The smallest absolute Gasteiger partial charge is 0.416 e. The summed E-state index contributed by atoms with van der Waals surface area (Å²) in [7, 11) is 0. The quantitative estimate of drug-likeness (QED) is 0.320. The molecule has 0 unspecified atom stereocenters. The molecule has 0 saturated carbocycles. The molecule has 0 aromatic heterocycles. The van der Waals surface area contributed by atoms with E-state index in [2.05, 4.69) is 20.7 Å². The summed E-state index contributed by atoms with van der Waals surface area (Å²) in [4.78, 5) is 1.65. The molecule has 3 aromatic carbocycles. The first-order valence-electron chi connectivity index (χ1n) is 11.0. The molecular weight excluding hydrogens is 491 g/mol. The van der Waals surface area contributed by atoms with Gasteiger partial charge in [-0.3, -0.25) is 0 Å². The summed E-state index contributed by atoms with van der Waals surface area (Å²) in [6.07, 6.45) is -4.32. The lowest BCUT2D eigenvalue weighted by Gasteiger charge is -2.33. The van der Waals surface area contributed by atoms with Crippen LogP contribution in [0.5, 0.6) is 11.5 Å². The summed E-state index contributed by atoms with van der Waals surface area (Å²) in [6, 6.07) is 18.9. The molecule has 3 aromatic rings. The van der Waals surface area contributed by atoms with Gasteiger partial charge in [0.15, 0.2) is 0 Å². The number of nitrogens with zero attached hydrogens (tertiary/aromatic N) is 3. The molecule has 0 radical (unpaired) electrons. The number of rotatable bonds is 6. The van der Waals surface area contributed by atoms with Gasteiger partial charge in [0.1, 0.15) is 11.5 Å². The summed E-state index contributed by atoms with van der Waals surface area (Å²) in [5.41, 5.74) is 2.16. The van der Waals surface area contributed by atoms with Crippen LogP contribution in [0, 0.1) is 25.2 Å². The van der Waals surface area contributed by atoms with E-state index >= 15 is 0 Å². The summed E-state index contributed by atoms with van der Waals surface area (Å²) >= 11 is 3.03. The molecule has 1 aliphatic rings. The second-order valence-electron chi connectivity index (χ2n) is 8.26. The zero-order chi connectivity index (χ0) is 25.0. The van der Waals surface area contributed by atoms with Crippen LogP contribution in [0.1, 0.15) is 22.3 Å². The normalized spacial score (nSPS) is 15.1. The lowest BCUT2D eigenvalue weighted by Crippen LogP contribution is -2.39. The van der Waals surface area contributed by atoms with Gasteiger partial charge in [-0.1, -0.05) is 6.07 Å². The molecule has 0 bridgehead atoms. The van der Waals surface area contributed by atoms with Crippen molar-refractivity contribution in [3.05, 3.63) is 82.9 Å². The van der Waals surface area contributed by atoms with E-state index in [9.17, 15) is 18.4 Å². The second kappa shape index (κ2) is 11.0. The fraction of sp³-hybridized carbons (Fsp3) is 0.269. The van der Waals surface area contributed by atoms with Crippen molar-refractivity contribution in [2.24, 2.45) is 0 Å². The molecule has 1 fully saturated rings. The Morgan fingerprint density at radius 1 is 0.829 bits per heavy atom. The highest BCUT2D eigenvalue weighted by atomic mass is 32.2. The van der Waals surface area contributed by atoms with Crippen LogP contribution in [0.3, 0.4) is 0 Å². The SMILES string of the molecule is Cc1cc(C)cc(Oc2ccc(C#N)cc2SN2CCN(Sc3ccc(C(F)(F)F)cc3)CC2)c1. The Hall–Kier alpha value is -2.64. The molecule has 35 heavy (non-hydrogen) atoms. The Labute approximate surface area is 211 Å². The van der Waals surface area contributed by atoms with Gasteiger partial charge in [0.05, 0.1) is 22.1 Å². The summed E-state index contributed by atoms with van der Waals surface area (Å²) < 4.78 is 48.9. The maximum absolute atomic E-state index is 12.8. The molecule has 4 nitrogen and oxygen atoms in total. The lowest BCUT2D eigenvalue weighted by molar-refractivity contribution is -0.137. The van der Waals surface area contributed by atoms with Crippen molar-refractivity contribution in [1.82, 2.24) is 8.61 Å². The first-order valence-corrected chi connectivity index (χ1v) is 12.6. The van der Waals surface area contributed by atoms with Gasteiger partial charge in [0.2, 0.25) is 0 Å².